The minimum Gasteiger partial charge on any atom is -0.481 e. The predicted molar refractivity (Wildman–Crippen MR) is 68.5 cm³/mol. The minimum absolute atomic E-state index is 0.0447. The Morgan fingerprint density at radius 3 is 2.39 bits per heavy atom. The molecule has 0 saturated heterocycles. The van der Waals surface area contributed by atoms with Crippen LogP contribution >= 0.6 is 0 Å². The van der Waals surface area contributed by atoms with Gasteiger partial charge in [0.1, 0.15) is 0 Å². The summed E-state index contributed by atoms with van der Waals surface area (Å²) in [7, 11) is 1.58. The second kappa shape index (κ2) is 8.74. The molecule has 0 radical (unpaired) electrons. The van der Waals surface area contributed by atoms with Crippen LogP contribution in [0.5, 0.6) is 0 Å². The van der Waals surface area contributed by atoms with Gasteiger partial charge in [-0.15, -0.1) is 0 Å². The Balaban J connectivity index is 4.37. The number of hydrogen-bond acceptors (Lipinski definition) is 3. The third-order valence-corrected chi connectivity index (χ3v) is 2.77. The molecule has 0 aromatic carbocycles. The number of hydrogen-bond donors (Lipinski definition) is 2. The van der Waals surface area contributed by atoms with E-state index in [1.54, 1.807) is 14.0 Å². The molecule has 0 saturated carbocycles. The van der Waals surface area contributed by atoms with Crippen LogP contribution in [0.25, 0.3) is 0 Å². The number of methoxy groups -OCH3 is 1. The molecule has 0 aliphatic carbocycles. The van der Waals surface area contributed by atoms with Crippen LogP contribution in [0.4, 0.5) is 4.79 Å². The van der Waals surface area contributed by atoms with Crippen molar-refractivity contribution in [3.05, 3.63) is 0 Å². The monoisotopic (exact) mass is 260 g/mol. The largest absolute Gasteiger partial charge is 0.481 e. The third-order valence-electron chi connectivity index (χ3n) is 2.77. The van der Waals surface area contributed by atoms with E-state index in [0.29, 0.717) is 13.2 Å². The van der Waals surface area contributed by atoms with Gasteiger partial charge in [-0.05, 0) is 13.3 Å². The maximum Gasteiger partial charge on any atom is 0.317 e. The fraction of sp³-hybridized carbons (Fsp3) is 0.833. The van der Waals surface area contributed by atoms with Crippen LogP contribution in [0.2, 0.25) is 0 Å². The summed E-state index contributed by atoms with van der Waals surface area (Å²) in [6.07, 6.45) is 0.769. The number of carboxylic acids is 1. The van der Waals surface area contributed by atoms with Gasteiger partial charge in [0.25, 0.3) is 0 Å². The SMILES string of the molecule is CCC(COC)NC(=O)N(CC)CC(C)C(=O)O. The molecule has 2 amide bonds. The van der Waals surface area contributed by atoms with Crippen molar-refractivity contribution in [1.82, 2.24) is 10.2 Å². The van der Waals surface area contributed by atoms with Crippen molar-refractivity contribution < 1.29 is 19.4 Å². The molecular formula is C12H24N2O4. The van der Waals surface area contributed by atoms with Gasteiger partial charge < -0.3 is 20.1 Å². The summed E-state index contributed by atoms with van der Waals surface area (Å²) in [6.45, 7) is 6.51. The highest BCUT2D eigenvalue weighted by atomic mass is 16.5. The zero-order valence-corrected chi connectivity index (χ0v) is 11.6. The van der Waals surface area contributed by atoms with Crippen LogP contribution in [0, 0.1) is 5.92 Å². The fourth-order valence-electron chi connectivity index (χ4n) is 1.49. The van der Waals surface area contributed by atoms with Crippen molar-refractivity contribution in [2.45, 2.75) is 33.2 Å². The van der Waals surface area contributed by atoms with E-state index in [-0.39, 0.29) is 18.6 Å². The van der Waals surface area contributed by atoms with Gasteiger partial charge in [-0.2, -0.15) is 0 Å². The van der Waals surface area contributed by atoms with E-state index in [9.17, 15) is 9.59 Å². The molecule has 18 heavy (non-hydrogen) atoms. The Kier molecular flexibility index (Phi) is 8.11. The first-order chi connectivity index (χ1) is 8.46. The summed E-state index contributed by atoms with van der Waals surface area (Å²) >= 11 is 0. The quantitative estimate of drug-likeness (QED) is 0.686. The Hall–Kier alpha value is -1.30. The van der Waals surface area contributed by atoms with Crippen LogP contribution in [-0.4, -0.2) is 54.9 Å². The van der Waals surface area contributed by atoms with Gasteiger partial charge >= 0.3 is 12.0 Å². The number of carbonyl (C=O) groups excluding carboxylic acids is 1. The molecule has 0 aliphatic rings. The van der Waals surface area contributed by atoms with Crippen LogP contribution in [0.3, 0.4) is 0 Å². The Bertz CT molecular complexity index is 271. The average molecular weight is 260 g/mol. The molecule has 0 rings (SSSR count). The van der Waals surface area contributed by atoms with Crippen molar-refractivity contribution in [2.75, 3.05) is 26.8 Å². The van der Waals surface area contributed by atoms with Crippen LogP contribution < -0.4 is 5.32 Å². The molecule has 6 nitrogen and oxygen atoms in total. The molecule has 0 bridgehead atoms. The van der Waals surface area contributed by atoms with Crippen molar-refractivity contribution in [1.29, 1.82) is 0 Å². The zero-order valence-electron chi connectivity index (χ0n) is 11.6. The Morgan fingerprint density at radius 1 is 1.39 bits per heavy atom. The summed E-state index contributed by atoms with van der Waals surface area (Å²) in [5, 5.41) is 11.7. The van der Waals surface area contributed by atoms with Crippen molar-refractivity contribution in [2.24, 2.45) is 5.92 Å². The number of nitrogens with zero attached hydrogens (tertiary/aromatic N) is 1. The van der Waals surface area contributed by atoms with Gasteiger partial charge in [0.15, 0.2) is 0 Å². The summed E-state index contributed by atoms with van der Waals surface area (Å²) in [5.74, 6) is -1.47. The van der Waals surface area contributed by atoms with E-state index in [1.165, 1.54) is 4.90 Å². The molecule has 2 N–H and O–H groups in total. The third kappa shape index (κ3) is 5.86. The van der Waals surface area contributed by atoms with E-state index in [1.807, 2.05) is 13.8 Å². The maximum atomic E-state index is 11.9. The number of rotatable bonds is 8. The minimum atomic E-state index is -0.898. The Morgan fingerprint density at radius 2 is 2.00 bits per heavy atom. The molecule has 0 aromatic rings. The lowest BCUT2D eigenvalue weighted by Gasteiger charge is -2.26. The maximum absolute atomic E-state index is 11.9. The fourth-order valence-corrected chi connectivity index (χ4v) is 1.49. The summed E-state index contributed by atoms with van der Waals surface area (Å²) in [4.78, 5) is 24.2. The van der Waals surface area contributed by atoms with Gasteiger partial charge in [-0.1, -0.05) is 13.8 Å². The lowest BCUT2D eigenvalue weighted by Crippen LogP contribution is -2.48. The highest BCUT2D eigenvalue weighted by molar-refractivity contribution is 5.76. The van der Waals surface area contributed by atoms with Gasteiger partial charge in [0, 0.05) is 20.2 Å². The van der Waals surface area contributed by atoms with Crippen LogP contribution in [0.15, 0.2) is 0 Å². The number of nitrogens with one attached hydrogen (secondary N) is 1. The molecule has 0 spiro atoms. The van der Waals surface area contributed by atoms with E-state index in [2.05, 4.69) is 5.32 Å². The first-order valence-electron chi connectivity index (χ1n) is 6.23. The topological polar surface area (TPSA) is 78.9 Å². The molecule has 0 aromatic heterocycles. The molecule has 6 heteroatoms. The molecule has 2 atom stereocenters. The van der Waals surface area contributed by atoms with Crippen LogP contribution in [-0.2, 0) is 9.53 Å². The molecule has 106 valence electrons. The average Bonchev–Trinajstić information content (AvgIpc) is 2.34. The van der Waals surface area contributed by atoms with Gasteiger partial charge in [0.05, 0.1) is 18.6 Å². The molecule has 2 unspecified atom stereocenters. The van der Waals surface area contributed by atoms with E-state index >= 15 is 0 Å². The number of amides is 2. The number of carbonyl (C=O) groups is 2. The number of urea groups is 1. The lowest BCUT2D eigenvalue weighted by molar-refractivity contribution is -0.141. The molecule has 0 heterocycles. The van der Waals surface area contributed by atoms with Crippen LogP contribution in [0.1, 0.15) is 27.2 Å². The normalized spacial score (nSPS) is 13.8. The second-order valence-electron chi connectivity index (χ2n) is 4.29. The summed E-state index contributed by atoms with van der Waals surface area (Å²) in [6, 6.07) is -0.286. The van der Waals surface area contributed by atoms with Crippen molar-refractivity contribution >= 4 is 12.0 Å². The van der Waals surface area contributed by atoms with Gasteiger partial charge in [-0.3, -0.25) is 4.79 Å². The smallest absolute Gasteiger partial charge is 0.317 e. The van der Waals surface area contributed by atoms with Crippen molar-refractivity contribution in [3.63, 3.8) is 0 Å². The Labute approximate surface area is 108 Å². The molecule has 0 aliphatic heterocycles. The van der Waals surface area contributed by atoms with Crippen molar-refractivity contribution in [3.8, 4) is 0 Å². The molecular weight excluding hydrogens is 236 g/mol. The number of aliphatic carboxylic acids is 1. The summed E-state index contributed by atoms with van der Waals surface area (Å²) < 4.78 is 5.00. The standard InChI is InChI=1S/C12H24N2O4/c1-5-10(8-18-4)13-12(17)14(6-2)7-9(3)11(15)16/h9-10H,5-8H2,1-4H3,(H,13,17)(H,15,16). The van der Waals surface area contributed by atoms with E-state index in [0.717, 1.165) is 6.42 Å². The summed E-state index contributed by atoms with van der Waals surface area (Å²) in [5.41, 5.74) is 0. The predicted octanol–water partition coefficient (Wildman–Crippen LogP) is 1.16. The van der Waals surface area contributed by atoms with E-state index in [4.69, 9.17) is 9.84 Å². The molecule has 0 fully saturated rings. The van der Waals surface area contributed by atoms with E-state index < -0.39 is 11.9 Å². The van der Waals surface area contributed by atoms with Gasteiger partial charge in [-0.25, -0.2) is 4.79 Å². The first kappa shape index (κ1) is 16.7. The highest BCUT2D eigenvalue weighted by Crippen LogP contribution is 2.02. The first-order valence-corrected chi connectivity index (χ1v) is 6.23. The lowest BCUT2D eigenvalue weighted by atomic mass is 10.2. The zero-order chi connectivity index (χ0) is 14.1. The highest BCUT2D eigenvalue weighted by Gasteiger charge is 2.20. The number of carboxylic acid groups (broad SMARTS) is 1. The van der Waals surface area contributed by atoms with Gasteiger partial charge in [0.2, 0.25) is 0 Å². The second-order valence-corrected chi connectivity index (χ2v) is 4.29. The number of ether oxygens (including phenoxy) is 1.